The summed E-state index contributed by atoms with van der Waals surface area (Å²) in [6.45, 7) is 34.5. The van der Waals surface area contributed by atoms with Crippen molar-refractivity contribution in [1.29, 1.82) is 0 Å². The molecule has 0 aromatic rings. The van der Waals surface area contributed by atoms with Crippen molar-refractivity contribution in [2.45, 2.75) is 242 Å². The molecule has 0 aromatic carbocycles. The Bertz CT molecular complexity index is 738. The molecule has 0 rings (SSSR count). The molecule has 0 spiro atoms. The highest BCUT2D eigenvalue weighted by molar-refractivity contribution is 4.83. The predicted molar refractivity (Wildman–Crippen MR) is 233 cm³/mol. The van der Waals surface area contributed by atoms with Gasteiger partial charge in [-0.05, 0) is 70.1 Å². The average molecular weight is 905 g/mol. The first-order valence-corrected chi connectivity index (χ1v) is 19.7. The molecule has 0 aliphatic rings. The van der Waals surface area contributed by atoms with Gasteiger partial charge in [0.1, 0.15) is 0 Å². The van der Waals surface area contributed by atoms with Crippen LogP contribution in [0.1, 0.15) is 200 Å². The van der Waals surface area contributed by atoms with Crippen LogP contribution in [0.2, 0.25) is 0 Å². The van der Waals surface area contributed by atoms with E-state index < -0.39 is 60.0 Å². The summed E-state index contributed by atoms with van der Waals surface area (Å²) in [7, 11) is 0. The molecular weight excluding hydrogens is 806 g/mol. The molecule has 0 saturated heterocycles. The number of alkyl halides is 14. The van der Waals surface area contributed by atoms with Crippen molar-refractivity contribution in [3.63, 3.8) is 0 Å². The van der Waals surface area contributed by atoms with Gasteiger partial charge in [-0.25, -0.2) is 35.1 Å². The van der Waals surface area contributed by atoms with E-state index in [0.29, 0.717) is 24.7 Å². The number of rotatable bonds is 11. The van der Waals surface area contributed by atoms with Crippen LogP contribution in [0, 0.1) is 47.3 Å². The summed E-state index contributed by atoms with van der Waals surface area (Å²) >= 11 is 0. The third kappa shape index (κ3) is 89.1. The zero-order valence-electron chi connectivity index (χ0n) is 39.1. The maximum absolute atomic E-state index is 12.3. The first-order valence-electron chi connectivity index (χ1n) is 19.7. The molecule has 0 nitrogen and oxygen atoms in total. The molecule has 14 heteroatoms. The van der Waals surface area contributed by atoms with E-state index in [-0.39, 0.29) is 54.1 Å². The fourth-order valence-corrected chi connectivity index (χ4v) is 2.09. The first kappa shape index (κ1) is 85.3. The van der Waals surface area contributed by atoms with Gasteiger partial charge in [0.25, 0.3) is 0 Å². The largest absolute Gasteiger partial charge is 0.391 e. The Labute approximate surface area is 357 Å². The van der Waals surface area contributed by atoms with Crippen LogP contribution in [0.3, 0.4) is 0 Å². The predicted octanol–water partition coefficient (Wildman–Crippen LogP) is 20.5. The summed E-state index contributed by atoms with van der Waals surface area (Å²) in [5, 5.41) is 0. The van der Waals surface area contributed by atoms with Crippen LogP contribution < -0.4 is 0 Å². The fraction of sp³-hybridized carbons (Fsp3) is 1.00. The highest BCUT2D eigenvalue weighted by Gasteiger charge is 2.54. The second-order valence-corrected chi connectivity index (χ2v) is 17.1. The number of hydrogen-bond acceptors (Lipinski definition) is 0. The first-order chi connectivity index (χ1) is 24.3. The molecule has 0 radical (unpaired) electrons. The van der Waals surface area contributed by atoms with E-state index in [1.807, 2.05) is 41.5 Å². The van der Waals surface area contributed by atoms with Crippen LogP contribution in [0.4, 0.5) is 61.5 Å². The molecule has 0 bridgehead atoms. The number of halogens is 14. The van der Waals surface area contributed by atoms with Crippen LogP contribution in [-0.2, 0) is 0 Å². The minimum absolute atomic E-state index is 0. The minimum Gasteiger partial charge on any atom is -0.251 e. The molecule has 2 atom stereocenters. The van der Waals surface area contributed by atoms with Gasteiger partial charge in [-0.15, -0.1) is 0 Å². The van der Waals surface area contributed by atoms with Gasteiger partial charge >= 0.3 is 18.0 Å². The monoisotopic (exact) mass is 905 g/mol. The van der Waals surface area contributed by atoms with E-state index in [1.165, 1.54) is 20.3 Å². The maximum atomic E-state index is 12.3. The Kier molecular flexibility index (Phi) is 63.1. The summed E-state index contributed by atoms with van der Waals surface area (Å²) < 4.78 is 165. The minimum atomic E-state index is -4.00. The molecule has 59 heavy (non-hydrogen) atoms. The lowest BCUT2D eigenvalue weighted by Crippen LogP contribution is -2.42. The van der Waals surface area contributed by atoms with Gasteiger partial charge in [0.15, 0.2) is 0 Å². The van der Waals surface area contributed by atoms with E-state index in [0.717, 1.165) is 47.5 Å². The van der Waals surface area contributed by atoms with E-state index in [1.54, 1.807) is 27.7 Å². The topological polar surface area (TPSA) is 0 Å². The van der Waals surface area contributed by atoms with Crippen LogP contribution >= 0.6 is 0 Å². The zero-order chi connectivity index (χ0) is 47.8. The second-order valence-electron chi connectivity index (χ2n) is 17.1. The smallest absolute Gasteiger partial charge is 0.251 e. The third-order valence-electron chi connectivity index (χ3n) is 6.96. The Morgan fingerprint density at radius 3 is 0.729 bits per heavy atom. The van der Waals surface area contributed by atoms with Crippen molar-refractivity contribution < 1.29 is 61.5 Å². The molecule has 0 saturated carbocycles. The summed E-state index contributed by atoms with van der Waals surface area (Å²) in [6, 6.07) is 0. The third-order valence-corrected chi connectivity index (χ3v) is 6.96. The zero-order valence-corrected chi connectivity index (χ0v) is 39.1. The Hall–Kier alpha value is -0.980. The molecule has 0 aliphatic carbocycles. The van der Waals surface area contributed by atoms with Gasteiger partial charge in [0, 0.05) is 31.1 Å². The molecule has 376 valence electrons. The van der Waals surface area contributed by atoms with Gasteiger partial charge in [0.05, 0.1) is 19.0 Å². The van der Waals surface area contributed by atoms with Crippen LogP contribution in [0.15, 0.2) is 0 Å². The van der Waals surface area contributed by atoms with Crippen LogP contribution in [-0.4, -0.2) is 48.9 Å². The number of hydrogen-bond donors (Lipinski definition) is 0. The van der Waals surface area contributed by atoms with Crippen molar-refractivity contribution in [3.05, 3.63) is 0 Å². The molecule has 0 amide bonds. The normalized spacial score (nSPS) is 12.4. The quantitative estimate of drug-likeness (QED) is 0.181. The molecule has 0 N–H and O–H groups in total. The highest BCUT2D eigenvalue weighted by atomic mass is 19.4. The van der Waals surface area contributed by atoms with Crippen molar-refractivity contribution in [3.8, 4) is 0 Å². The molecule has 0 aromatic heterocycles. The van der Waals surface area contributed by atoms with Gasteiger partial charge in [0.2, 0.25) is 11.8 Å². The highest BCUT2D eigenvalue weighted by Crippen LogP contribution is 2.39. The molecule has 0 aliphatic heterocycles. The SMILES string of the molecule is C.C.C.CC(C)C(C)(F)F.CC(C)C(C)F.CC(C)C(F)(F)C(C)(F)F.CC(C)C(F)(F)F.CC(C)CC(C)(F)F.CC(C)CC(C)F.CC(C)CCF.CCC(C)C. The van der Waals surface area contributed by atoms with Crippen molar-refractivity contribution >= 4 is 0 Å². The van der Waals surface area contributed by atoms with Crippen LogP contribution in [0.5, 0.6) is 0 Å². The van der Waals surface area contributed by atoms with Crippen molar-refractivity contribution in [2.24, 2.45) is 47.3 Å². The lowest BCUT2D eigenvalue weighted by molar-refractivity contribution is -0.220. The van der Waals surface area contributed by atoms with E-state index in [2.05, 4.69) is 20.8 Å². The van der Waals surface area contributed by atoms with E-state index in [4.69, 9.17) is 0 Å². The summed E-state index contributed by atoms with van der Waals surface area (Å²) in [6.07, 6.45) is -2.57. The van der Waals surface area contributed by atoms with E-state index in [9.17, 15) is 61.5 Å². The maximum Gasteiger partial charge on any atom is 0.391 e. The summed E-state index contributed by atoms with van der Waals surface area (Å²) in [5.41, 5.74) is 0. The van der Waals surface area contributed by atoms with Crippen molar-refractivity contribution in [2.75, 3.05) is 6.67 Å². The van der Waals surface area contributed by atoms with Gasteiger partial charge in [-0.3, -0.25) is 4.39 Å². The Morgan fingerprint density at radius 2 is 0.729 bits per heavy atom. The Balaban J connectivity index is -0.0000000496. The lowest BCUT2D eigenvalue weighted by atomic mass is 10.0. The Morgan fingerprint density at radius 1 is 0.458 bits per heavy atom. The molecular formula is C45H98F14. The van der Waals surface area contributed by atoms with Crippen LogP contribution in [0.25, 0.3) is 0 Å². The van der Waals surface area contributed by atoms with Gasteiger partial charge < -0.3 is 0 Å². The summed E-state index contributed by atoms with van der Waals surface area (Å²) in [4.78, 5) is 0. The summed E-state index contributed by atoms with van der Waals surface area (Å²) in [5.74, 6) is -13.7. The van der Waals surface area contributed by atoms with Gasteiger partial charge in [-0.2, -0.15) is 22.0 Å². The molecule has 0 fully saturated rings. The second kappa shape index (κ2) is 43.7. The van der Waals surface area contributed by atoms with E-state index >= 15 is 0 Å². The standard InChI is InChI=1S/C6H10F4.C6H12F2.C6H13F.C5H10F2.2C5H11F.C5H12.C4H7F3.3CH4/c1-4(2)6(9,10)5(3,7)8;1-5(2)4-6(3,7)8;1-5(2)4-6(3)7;1-4(2)5(3,6)7;1-5(2)3-4-6;1-4(2)5(3)6;1-4-5(2)3;1-3(2)4(5,6)7;;;/h4H,1-3H3;5H,4H2,1-3H3;5-6H,4H2,1-3H3;4H,1-3H3;5H,3-4H2,1-2H3;4-5H,1-3H3;5H,4H2,1-3H3;3H,1-2H3;3*1H4. The molecule has 0 heterocycles. The fourth-order valence-electron chi connectivity index (χ4n) is 2.09. The van der Waals surface area contributed by atoms with Gasteiger partial charge in [-0.1, -0.05) is 146 Å². The lowest BCUT2D eigenvalue weighted by Gasteiger charge is -2.26. The van der Waals surface area contributed by atoms with Crippen molar-refractivity contribution in [1.82, 2.24) is 0 Å². The molecule has 2 unspecified atom stereocenters. The average Bonchev–Trinajstić information content (AvgIpc) is 2.91.